The van der Waals surface area contributed by atoms with Gasteiger partial charge in [0.05, 0.1) is 11.7 Å². The minimum Gasteiger partial charge on any atom is -0.482 e. The molecule has 0 spiro atoms. The highest BCUT2D eigenvalue weighted by Crippen LogP contribution is 2.36. The maximum atomic E-state index is 12.1. The summed E-state index contributed by atoms with van der Waals surface area (Å²) >= 11 is 1.47. The van der Waals surface area contributed by atoms with Crippen LogP contribution in [0.5, 0.6) is 5.75 Å². The van der Waals surface area contributed by atoms with Gasteiger partial charge in [0.15, 0.2) is 6.61 Å². The summed E-state index contributed by atoms with van der Waals surface area (Å²) in [5.74, 6) is -0.993. The number of carbonyl (C=O) groups excluding carboxylic acids is 2. The lowest BCUT2D eigenvalue weighted by molar-refractivity contribution is -0.137. The predicted octanol–water partition coefficient (Wildman–Crippen LogP) is 2.30. The highest BCUT2D eigenvalue weighted by atomic mass is 32.2. The molecule has 1 atom stereocenters. The molecule has 8 nitrogen and oxygen atoms in total. The molecule has 0 aliphatic carbocycles. The van der Waals surface area contributed by atoms with Crippen molar-refractivity contribution >= 4 is 40.9 Å². The average molecular weight is 401 g/mol. The van der Waals surface area contributed by atoms with Crippen LogP contribution in [-0.4, -0.2) is 35.5 Å². The van der Waals surface area contributed by atoms with Gasteiger partial charge in [-0.1, -0.05) is 17.8 Å². The van der Waals surface area contributed by atoms with Gasteiger partial charge in [0.2, 0.25) is 5.91 Å². The molecule has 0 aromatic heterocycles. The van der Waals surface area contributed by atoms with Gasteiger partial charge in [0.1, 0.15) is 5.75 Å². The summed E-state index contributed by atoms with van der Waals surface area (Å²) in [4.78, 5) is 35.8. The number of amides is 2. The minimum atomic E-state index is -0.991. The highest BCUT2D eigenvalue weighted by molar-refractivity contribution is 7.99. The Balaban J connectivity index is 1.64. The van der Waals surface area contributed by atoms with E-state index in [-0.39, 0.29) is 25.4 Å². The van der Waals surface area contributed by atoms with E-state index in [2.05, 4.69) is 10.6 Å². The van der Waals surface area contributed by atoms with Gasteiger partial charge in [0.25, 0.3) is 5.91 Å². The van der Waals surface area contributed by atoms with Crippen molar-refractivity contribution < 1.29 is 24.2 Å². The van der Waals surface area contributed by atoms with Crippen molar-refractivity contribution in [3.05, 3.63) is 42.5 Å². The second-order valence-corrected chi connectivity index (χ2v) is 7.30. The van der Waals surface area contributed by atoms with Gasteiger partial charge in [0, 0.05) is 21.9 Å². The summed E-state index contributed by atoms with van der Waals surface area (Å²) in [6, 6.07) is 11.8. The van der Waals surface area contributed by atoms with Gasteiger partial charge in [-0.05, 0) is 42.8 Å². The van der Waals surface area contributed by atoms with E-state index in [0.29, 0.717) is 17.1 Å². The van der Waals surface area contributed by atoms with Crippen molar-refractivity contribution in [2.75, 3.05) is 17.2 Å². The first-order valence-corrected chi connectivity index (χ1v) is 9.35. The largest absolute Gasteiger partial charge is 0.482 e. The number of ether oxygens (including phenoxy) is 1. The maximum absolute atomic E-state index is 12.1. The van der Waals surface area contributed by atoms with Crippen LogP contribution in [0.3, 0.4) is 0 Å². The Kier molecular flexibility index (Phi) is 6.17. The number of carboxylic acids is 1. The molecule has 0 saturated heterocycles. The van der Waals surface area contributed by atoms with Crippen LogP contribution in [0.15, 0.2) is 52.3 Å². The van der Waals surface area contributed by atoms with E-state index in [0.717, 1.165) is 9.79 Å². The Labute approximate surface area is 165 Å². The van der Waals surface area contributed by atoms with Gasteiger partial charge in [-0.15, -0.1) is 0 Å². The van der Waals surface area contributed by atoms with Crippen LogP contribution < -0.4 is 21.1 Å². The molecular weight excluding hydrogens is 382 g/mol. The quantitative estimate of drug-likeness (QED) is 0.560. The molecule has 0 radical (unpaired) electrons. The summed E-state index contributed by atoms with van der Waals surface area (Å²) in [7, 11) is 0. The number of hydrogen-bond acceptors (Lipinski definition) is 6. The Morgan fingerprint density at radius 3 is 2.82 bits per heavy atom. The van der Waals surface area contributed by atoms with Crippen LogP contribution in [0.4, 0.5) is 11.4 Å². The first-order chi connectivity index (χ1) is 13.4. The van der Waals surface area contributed by atoms with Crippen LogP contribution in [0.1, 0.15) is 12.8 Å². The number of carboxylic acid groups (broad SMARTS) is 1. The zero-order valence-electron chi connectivity index (χ0n) is 14.8. The van der Waals surface area contributed by atoms with Gasteiger partial charge in [-0.25, -0.2) is 0 Å². The van der Waals surface area contributed by atoms with E-state index < -0.39 is 17.9 Å². The van der Waals surface area contributed by atoms with Crippen molar-refractivity contribution in [1.82, 2.24) is 0 Å². The highest BCUT2D eigenvalue weighted by Gasteiger charge is 2.17. The zero-order chi connectivity index (χ0) is 20.1. The van der Waals surface area contributed by atoms with Gasteiger partial charge in [-0.3, -0.25) is 14.4 Å². The number of nitrogens with two attached hydrogens (primary N) is 1. The van der Waals surface area contributed by atoms with Gasteiger partial charge < -0.3 is 26.2 Å². The molecule has 2 aromatic rings. The van der Waals surface area contributed by atoms with Crippen LogP contribution in [0.2, 0.25) is 0 Å². The number of benzene rings is 2. The normalized spacial score (nSPS) is 13.7. The van der Waals surface area contributed by atoms with Crippen molar-refractivity contribution in [2.45, 2.75) is 28.7 Å². The van der Waals surface area contributed by atoms with E-state index >= 15 is 0 Å². The van der Waals surface area contributed by atoms with Crippen molar-refractivity contribution in [2.24, 2.45) is 5.73 Å². The molecule has 2 aromatic carbocycles. The molecule has 2 amide bonds. The first kappa shape index (κ1) is 19.7. The van der Waals surface area contributed by atoms with E-state index in [1.54, 1.807) is 24.3 Å². The molecule has 0 bridgehead atoms. The van der Waals surface area contributed by atoms with Crippen molar-refractivity contribution in [3.8, 4) is 5.75 Å². The lowest BCUT2D eigenvalue weighted by Gasteiger charge is -2.18. The second kappa shape index (κ2) is 8.77. The number of rotatable bonds is 7. The lowest BCUT2D eigenvalue weighted by atomic mass is 10.1. The first-order valence-electron chi connectivity index (χ1n) is 8.53. The predicted molar refractivity (Wildman–Crippen MR) is 105 cm³/mol. The molecule has 28 heavy (non-hydrogen) atoms. The number of hydrogen-bond donors (Lipinski definition) is 4. The Morgan fingerprint density at radius 1 is 1.25 bits per heavy atom. The fourth-order valence-electron chi connectivity index (χ4n) is 2.54. The SMILES string of the molecule is NC(CCC(=O)O)C(=O)Nc1cccc(Sc2ccc3c(c2)OCC(=O)N3)c1. The monoisotopic (exact) mass is 401 g/mol. The zero-order valence-corrected chi connectivity index (χ0v) is 15.6. The lowest BCUT2D eigenvalue weighted by Crippen LogP contribution is -2.36. The van der Waals surface area contributed by atoms with Crippen LogP contribution in [-0.2, 0) is 14.4 Å². The van der Waals surface area contributed by atoms with E-state index in [9.17, 15) is 14.4 Å². The molecule has 0 fully saturated rings. The van der Waals surface area contributed by atoms with E-state index in [1.807, 2.05) is 18.2 Å². The number of nitrogens with one attached hydrogen (secondary N) is 2. The van der Waals surface area contributed by atoms with Crippen molar-refractivity contribution in [3.63, 3.8) is 0 Å². The molecule has 1 unspecified atom stereocenters. The smallest absolute Gasteiger partial charge is 0.303 e. The third kappa shape index (κ3) is 5.24. The minimum absolute atomic E-state index is 0.00916. The van der Waals surface area contributed by atoms with Crippen LogP contribution in [0.25, 0.3) is 0 Å². The molecule has 3 rings (SSSR count). The summed E-state index contributed by atoms with van der Waals surface area (Å²) in [5.41, 5.74) is 6.93. The van der Waals surface area contributed by atoms with E-state index in [1.165, 1.54) is 11.8 Å². The van der Waals surface area contributed by atoms with Crippen LogP contribution in [0, 0.1) is 0 Å². The summed E-state index contributed by atoms with van der Waals surface area (Å²) in [6.07, 6.45) is -0.0907. The molecule has 9 heteroatoms. The van der Waals surface area contributed by atoms with Crippen LogP contribution >= 0.6 is 11.8 Å². The summed E-state index contributed by atoms with van der Waals surface area (Å²) in [5, 5.41) is 14.1. The Morgan fingerprint density at radius 2 is 2.04 bits per heavy atom. The third-order valence-electron chi connectivity index (χ3n) is 3.93. The molecule has 5 N–H and O–H groups in total. The standard InChI is InChI=1S/C19H19N3O5S/c20-14(5-7-18(24)25)19(26)21-11-2-1-3-12(8-11)28-13-4-6-15-16(9-13)27-10-17(23)22-15/h1-4,6,8-9,14H,5,7,10,20H2,(H,21,26)(H,22,23)(H,24,25). The number of carbonyl (C=O) groups is 3. The molecule has 0 saturated carbocycles. The van der Waals surface area contributed by atoms with Gasteiger partial charge >= 0.3 is 5.97 Å². The third-order valence-corrected chi connectivity index (χ3v) is 4.91. The van der Waals surface area contributed by atoms with E-state index in [4.69, 9.17) is 15.6 Å². The fourth-order valence-corrected chi connectivity index (χ4v) is 3.44. The Bertz CT molecular complexity index is 918. The summed E-state index contributed by atoms with van der Waals surface area (Å²) in [6.45, 7) is -0.00916. The molecule has 1 aliphatic heterocycles. The number of fused-ring (bicyclic) bond motifs is 1. The molecule has 1 heterocycles. The van der Waals surface area contributed by atoms with Crippen molar-refractivity contribution in [1.29, 1.82) is 0 Å². The average Bonchev–Trinajstić information content (AvgIpc) is 2.66. The Hall–Kier alpha value is -3.04. The number of aliphatic carboxylic acids is 1. The summed E-state index contributed by atoms with van der Waals surface area (Å²) < 4.78 is 5.42. The fraction of sp³-hybridized carbons (Fsp3) is 0.211. The molecular formula is C19H19N3O5S. The molecule has 146 valence electrons. The number of anilines is 2. The maximum Gasteiger partial charge on any atom is 0.303 e. The molecule has 1 aliphatic rings. The van der Waals surface area contributed by atoms with Gasteiger partial charge in [-0.2, -0.15) is 0 Å². The topological polar surface area (TPSA) is 131 Å². The second-order valence-electron chi connectivity index (χ2n) is 6.15.